The third-order valence-corrected chi connectivity index (χ3v) is 3.17. The molecule has 0 amide bonds. The summed E-state index contributed by atoms with van der Waals surface area (Å²) in [4.78, 5) is 14.0. The lowest BCUT2D eigenvalue weighted by Gasteiger charge is -2.26. The summed E-state index contributed by atoms with van der Waals surface area (Å²) < 4.78 is 5.16. The predicted molar refractivity (Wildman–Crippen MR) is 78.0 cm³/mol. The van der Waals surface area contributed by atoms with Crippen LogP contribution in [0.15, 0.2) is 24.3 Å². The Bertz CT molecular complexity index is 403. The van der Waals surface area contributed by atoms with E-state index in [2.05, 4.69) is 43.0 Å². The molecular weight excluding hydrogens is 238 g/mol. The van der Waals surface area contributed by atoms with Crippen molar-refractivity contribution in [2.45, 2.75) is 46.2 Å². The SMILES string of the molecule is CCCC(C(=O)OCC)N(C)Cc1cccc(C)c1. The van der Waals surface area contributed by atoms with Crippen LogP contribution in [0.5, 0.6) is 0 Å². The highest BCUT2D eigenvalue weighted by Crippen LogP contribution is 2.13. The number of esters is 1. The number of ether oxygens (including phenoxy) is 1. The zero-order chi connectivity index (χ0) is 14.3. The van der Waals surface area contributed by atoms with Gasteiger partial charge in [0.15, 0.2) is 0 Å². The Morgan fingerprint density at radius 1 is 1.37 bits per heavy atom. The Labute approximate surface area is 116 Å². The Hall–Kier alpha value is -1.35. The highest BCUT2D eigenvalue weighted by atomic mass is 16.5. The van der Waals surface area contributed by atoms with Crippen molar-refractivity contribution >= 4 is 5.97 Å². The van der Waals surface area contributed by atoms with Crippen LogP contribution in [0.3, 0.4) is 0 Å². The number of carbonyl (C=O) groups is 1. The maximum atomic E-state index is 12.0. The molecule has 0 fully saturated rings. The summed E-state index contributed by atoms with van der Waals surface area (Å²) in [6, 6.07) is 8.24. The zero-order valence-corrected chi connectivity index (χ0v) is 12.5. The van der Waals surface area contributed by atoms with Crippen molar-refractivity contribution in [1.29, 1.82) is 0 Å². The van der Waals surface area contributed by atoms with Crippen molar-refractivity contribution in [2.75, 3.05) is 13.7 Å². The first-order chi connectivity index (χ1) is 9.08. The summed E-state index contributed by atoms with van der Waals surface area (Å²) in [7, 11) is 1.99. The van der Waals surface area contributed by atoms with Gasteiger partial charge in [-0.15, -0.1) is 0 Å². The van der Waals surface area contributed by atoms with Crippen LogP contribution < -0.4 is 0 Å². The fourth-order valence-electron chi connectivity index (χ4n) is 2.24. The van der Waals surface area contributed by atoms with E-state index in [0.717, 1.165) is 19.4 Å². The minimum atomic E-state index is -0.148. The van der Waals surface area contributed by atoms with E-state index in [-0.39, 0.29) is 12.0 Å². The molecule has 1 atom stereocenters. The minimum absolute atomic E-state index is 0.112. The molecule has 1 aromatic rings. The lowest BCUT2D eigenvalue weighted by Crippen LogP contribution is -2.39. The zero-order valence-electron chi connectivity index (χ0n) is 12.5. The van der Waals surface area contributed by atoms with Gasteiger partial charge >= 0.3 is 5.97 Å². The first kappa shape index (κ1) is 15.7. The molecule has 0 N–H and O–H groups in total. The number of nitrogens with zero attached hydrogens (tertiary/aromatic N) is 1. The number of hydrogen-bond acceptors (Lipinski definition) is 3. The summed E-state index contributed by atoms with van der Waals surface area (Å²) in [5.41, 5.74) is 2.47. The smallest absolute Gasteiger partial charge is 0.323 e. The second-order valence-electron chi connectivity index (χ2n) is 4.96. The van der Waals surface area contributed by atoms with E-state index in [4.69, 9.17) is 4.74 Å². The molecule has 3 nitrogen and oxygen atoms in total. The molecular formula is C16H25NO2. The first-order valence-electron chi connectivity index (χ1n) is 7.00. The molecule has 0 saturated carbocycles. The van der Waals surface area contributed by atoms with Crippen molar-refractivity contribution in [3.05, 3.63) is 35.4 Å². The van der Waals surface area contributed by atoms with Crippen LogP contribution in [0.4, 0.5) is 0 Å². The number of rotatable bonds is 7. The topological polar surface area (TPSA) is 29.5 Å². The third-order valence-electron chi connectivity index (χ3n) is 3.17. The van der Waals surface area contributed by atoms with E-state index in [0.29, 0.717) is 6.61 Å². The van der Waals surface area contributed by atoms with Crippen molar-refractivity contribution in [3.63, 3.8) is 0 Å². The standard InChI is InChI=1S/C16H25NO2/c1-5-8-15(16(18)19-6-2)17(4)12-14-10-7-9-13(3)11-14/h7,9-11,15H,5-6,8,12H2,1-4H3. The van der Waals surface area contributed by atoms with Crippen LogP contribution >= 0.6 is 0 Å². The van der Waals surface area contributed by atoms with Crippen molar-refractivity contribution in [2.24, 2.45) is 0 Å². The molecule has 0 heterocycles. The number of aryl methyl sites for hydroxylation is 1. The largest absolute Gasteiger partial charge is 0.465 e. The van der Waals surface area contributed by atoms with E-state index in [1.807, 2.05) is 14.0 Å². The Morgan fingerprint density at radius 2 is 2.11 bits per heavy atom. The van der Waals surface area contributed by atoms with Gasteiger partial charge in [0, 0.05) is 6.54 Å². The van der Waals surface area contributed by atoms with Crippen LogP contribution in [-0.4, -0.2) is 30.6 Å². The fourth-order valence-corrected chi connectivity index (χ4v) is 2.24. The maximum absolute atomic E-state index is 12.0. The van der Waals surface area contributed by atoms with Gasteiger partial charge in [-0.1, -0.05) is 43.2 Å². The average molecular weight is 263 g/mol. The molecule has 0 radical (unpaired) electrons. The van der Waals surface area contributed by atoms with Gasteiger partial charge < -0.3 is 4.74 Å². The van der Waals surface area contributed by atoms with Crippen LogP contribution in [0, 0.1) is 6.92 Å². The highest BCUT2D eigenvalue weighted by molar-refractivity contribution is 5.75. The summed E-state index contributed by atoms with van der Waals surface area (Å²) >= 11 is 0. The van der Waals surface area contributed by atoms with Gasteiger partial charge in [-0.25, -0.2) is 0 Å². The molecule has 1 aromatic carbocycles. The number of likely N-dealkylation sites (N-methyl/N-ethyl adjacent to an activating group) is 1. The van der Waals surface area contributed by atoms with Crippen molar-refractivity contribution < 1.29 is 9.53 Å². The molecule has 0 saturated heterocycles. The van der Waals surface area contributed by atoms with Gasteiger partial charge in [-0.05, 0) is 32.9 Å². The minimum Gasteiger partial charge on any atom is -0.465 e. The molecule has 0 bridgehead atoms. The number of carbonyl (C=O) groups excluding carboxylic acids is 1. The fraction of sp³-hybridized carbons (Fsp3) is 0.562. The molecule has 3 heteroatoms. The van der Waals surface area contributed by atoms with E-state index < -0.39 is 0 Å². The lowest BCUT2D eigenvalue weighted by atomic mass is 10.1. The number of benzene rings is 1. The van der Waals surface area contributed by atoms with Gasteiger partial charge in [-0.3, -0.25) is 9.69 Å². The lowest BCUT2D eigenvalue weighted by molar-refractivity contribution is -0.149. The Morgan fingerprint density at radius 3 is 2.68 bits per heavy atom. The van der Waals surface area contributed by atoms with Gasteiger partial charge in [0.2, 0.25) is 0 Å². The molecule has 0 aliphatic heterocycles. The molecule has 106 valence electrons. The van der Waals surface area contributed by atoms with Gasteiger partial charge in [0.1, 0.15) is 6.04 Å². The van der Waals surface area contributed by atoms with Gasteiger partial charge in [-0.2, -0.15) is 0 Å². The van der Waals surface area contributed by atoms with Crippen LogP contribution in [0.25, 0.3) is 0 Å². The van der Waals surface area contributed by atoms with Gasteiger partial charge in [0.05, 0.1) is 6.61 Å². The second kappa shape index (κ2) is 7.95. The van der Waals surface area contributed by atoms with Crippen LogP contribution in [0.2, 0.25) is 0 Å². The van der Waals surface area contributed by atoms with E-state index in [1.165, 1.54) is 11.1 Å². The molecule has 19 heavy (non-hydrogen) atoms. The maximum Gasteiger partial charge on any atom is 0.323 e. The van der Waals surface area contributed by atoms with E-state index in [9.17, 15) is 4.79 Å². The van der Waals surface area contributed by atoms with Gasteiger partial charge in [0.25, 0.3) is 0 Å². The normalized spacial score (nSPS) is 12.5. The van der Waals surface area contributed by atoms with Crippen LogP contribution in [0.1, 0.15) is 37.8 Å². The Kier molecular flexibility index (Phi) is 6.57. The quantitative estimate of drug-likeness (QED) is 0.708. The molecule has 1 unspecified atom stereocenters. The third kappa shape index (κ3) is 5.03. The molecule has 1 rings (SSSR count). The molecule has 0 aromatic heterocycles. The molecule has 0 aliphatic rings. The first-order valence-corrected chi connectivity index (χ1v) is 7.00. The van der Waals surface area contributed by atoms with E-state index >= 15 is 0 Å². The molecule has 0 aliphatic carbocycles. The molecule has 0 spiro atoms. The summed E-state index contributed by atoms with van der Waals surface area (Å²) in [6.45, 7) is 7.23. The second-order valence-corrected chi connectivity index (χ2v) is 4.96. The summed E-state index contributed by atoms with van der Waals surface area (Å²) in [5.74, 6) is -0.112. The van der Waals surface area contributed by atoms with Crippen molar-refractivity contribution in [3.8, 4) is 0 Å². The average Bonchev–Trinajstić information content (AvgIpc) is 2.36. The van der Waals surface area contributed by atoms with Crippen molar-refractivity contribution in [1.82, 2.24) is 4.90 Å². The predicted octanol–water partition coefficient (Wildman–Crippen LogP) is 3.16. The Balaban J connectivity index is 2.71. The van der Waals surface area contributed by atoms with E-state index in [1.54, 1.807) is 0 Å². The van der Waals surface area contributed by atoms with Crippen LogP contribution in [-0.2, 0) is 16.1 Å². The number of hydrogen-bond donors (Lipinski definition) is 0. The monoisotopic (exact) mass is 263 g/mol. The summed E-state index contributed by atoms with van der Waals surface area (Å²) in [5, 5.41) is 0. The highest BCUT2D eigenvalue weighted by Gasteiger charge is 2.23. The summed E-state index contributed by atoms with van der Waals surface area (Å²) in [6.07, 6.45) is 1.81.